The summed E-state index contributed by atoms with van der Waals surface area (Å²) in [5.74, 6) is -7.97. The normalized spacial score (nSPS) is 16.1. The zero-order valence-corrected chi connectivity index (χ0v) is 18.4. The van der Waals surface area contributed by atoms with E-state index in [1.165, 1.54) is 0 Å². The maximum atomic E-state index is 13.3. The van der Waals surface area contributed by atoms with Gasteiger partial charge in [0.1, 0.15) is 6.61 Å². The van der Waals surface area contributed by atoms with E-state index in [4.69, 9.17) is 9.84 Å². The molecule has 180 valence electrons. The van der Waals surface area contributed by atoms with Gasteiger partial charge in [-0.1, -0.05) is 55.0 Å². The summed E-state index contributed by atoms with van der Waals surface area (Å²) in [6.07, 6.45) is 1.68. The van der Waals surface area contributed by atoms with E-state index < -0.39 is 36.4 Å². The van der Waals surface area contributed by atoms with Gasteiger partial charge in [0, 0.05) is 12.5 Å². The zero-order valence-electron chi connectivity index (χ0n) is 18.4. The zero-order chi connectivity index (χ0) is 24.3. The summed E-state index contributed by atoms with van der Waals surface area (Å²) >= 11 is 0. The Hall–Kier alpha value is -3.49. The summed E-state index contributed by atoms with van der Waals surface area (Å²) in [6, 6.07) is 15.9. The van der Waals surface area contributed by atoms with Crippen LogP contribution in [0.5, 0.6) is 0 Å². The number of hydrogen-bond acceptors (Lipinski definition) is 4. The largest absolute Gasteiger partial charge is 0.477 e. The molecule has 0 spiro atoms. The van der Waals surface area contributed by atoms with Gasteiger partial charge in [0.05, 0.1) is 12.5 Å². The Bertz CT molecular complexity index is 1040. The van der Waals surface area contributed by atoms with E-state index in [-0.39, 0.29) is 25.0 Å². The monoisotopic (exact) mass is 472 g/mol. The molecule has 0 radical (unpaired) electrons. The van der Waals surface area contributed by atoms with Gasteiger partial charge in [0.2, 0.25) is 5.91 Å². The van der Waals surface area contributed by atoms with E-state index in [1.807, 2.05) is 53.8 Å². The van der Waals surface area contributed by atoms with Crippen molar-refractivity contribution < 1.29 is 33.0 Å². The van der Waals surface area contributed by atoms with Crippen LogP contribution >= 0.6 is 0 Å². The maximum absolute atomic E-state index is 13.3. The highest BCUT2D eigenvalue weighted by Gasteiger charge is 2.41. The van der Waals surface area contributed by atoms with Gasteiger partial charge in [-0.2, -0.15) is 8.78 Å². The van der Waals surface area contributed by atoms with Gasteiger partial charge >= 0.3 is 18.0 Å². The van der Waals surface area contributed by atoms with E-state index in [1.54, 1.807) is 0 Å². The average molecular weight is 472 g/mol. The minimum atomic E-state index is -4.06. The summed E-state index contributed by atoms with van der Waals surface area (Å²) in [6.45, 7) is -1.26. The number of ether oxygens (including phenoxy) is 1. The third-order valence-electron chi connectivity index (χ3n) is 6.66. The van der Waals surface area contributed by atoms with Crippen molar-refractivity contribution in [3.8, 4) is 11.1 Å². The molecule has 2 aromatic carbocycles. The van der Waals surface area contributed by atoms with Crippen molar-refractivity contribution in [1.29, 1.82) is 0 Å². The fourth-order valence-electron chi connectivity index (χ4n) is 4.56. The standard InChI is InChI=1S/C25H26F2N2O5/c26-25(27,23(31)32)14-29-22(30)20(15-6-5-7-15)12-28-24(33)34-13-21-18-10-3-1-8-16(18)17-9-2-4-11-19(17)21/h1-4,8-11,15,20-21H,5-7,12-14H2,(H,28,33)(H,29,30)(H,31,32). The van der Waals surface area contributed by atoms with Crippen LogP contribution in [-0.4, -0.2) is 48.7 Å². The molecular formula is C25H26F2N2O5. The number of carboxylic acids is 1. The summed E-state index contributed by atoms with van der Waals surface area (Å²) < 4.78 is 32.1. The Morgan fingerprint density at radius 3 is 2.12 bits per heavy atom. The number of aliphatic carboxylic acids is 1. The second kappa shape index (κ2) is 9.79. The number of hydrogen-bond donors (Lipinski definition) is 3. The van der Waals surface area contributed by atoms with Crippen molar-refractivity contribution in [3.05, 3.63) is 59.7 Å². The van der Waals surface area contributed by atoms with Crippen LogP contribution < -0.4 is 10.6 Å². The number of alkyl halides is 2. The van der Waals surface area contributed by atoms with Gasteiger partial charge in [-0.15, -0.1) is 0 Å². The number of rotatable bonds is 9. The fourth-order valence-corrected chi connectivity index (χ4v) is 4.56. The Labute approximate surface area is 195 Å². The molecule has 7 nitrogen and oxygen atoms in total. The van der Waals surface area contributed by atoms with E-state index in [2.05, 4.69) is 5.32 Å². The molecule has 0 saturated heterocycles. The molecule has 3 N–H and O–H groups in total. The molecule has 2 aliphatic rings. The van der Waals surface area contributed by atoms with Crippen molar-refractivity contribution in [2.45, 2.75) is 31.1 Å². The van der Waals surface area contributed by atoms with Crippen LogP contribution in [0.3, 0.4) is 0 Å². The second-order valence-electron chi connectivity index (χ2n) is 8.73. The molecule has 1 fully saturated rings. The predicted octanol–water partition coefficient (Wildman–Crippen LogP) is 3.78. The average Bonchev–Trinajstić information content (AvgIpc) is 3.11. The van der Waals surface area contributed by atoms with Gasteiger partial charge in [-0.25, -0.2) is 9.59 Å². The van der Waals surface area contributed by atoms with Crippen molar-refractivity contribution in [3.63, 3.8) is 0 Å². The van der Waals surface area contributed by atoms with Gasteiger partial charge < -0.3 is 20.5 Å². The van der Waals surface area contributed by atoms with Crippen molar-refractivity contribution >= 4 is 18.0 Å². The molecular weight excluding hydrogens is 446 g/mol. The lowest BCUT2D eigenvalue weighted by Crippen LogP contribution is -2.48. The lowest BCUT2D eigenvalue weighted by atomic mass is 9.75. The van der Waals surface area contributed by atoms with Gasteiger partial charge in [-0.3, -0.25) is 4.79 Å². The molecule has 34 heavy (non-hydrogen) atoms. The van der Waals surface area contributed by atoms with E-state index in [0.717, 1.165) is 41.5 Å². The van der Waals surface area contributed by atoms with Crippen molar-refractivity contribution in [1.82, 2.24) is 10.6 Å². The Kier molecular flexibility index (Phi) is 6.81. The van der Waals surface area contributed by atoms with E-state index >= 15 is 0 Å². The number of halogens is 2. The number of carbonyl (C=O) groups excluding carboxylic acids is 2. The summed E-state index contributed by atoms with van der Waals surface area (Å²) in [5, 5.41) is 13.1. The van der Waals surface area contributed by atoms with Crippen LogP contribution in [0.25, 0.3) is 11.1 Å². The van der Waals surface area contributed by atoms with Crippen LogP contribution in [0.4, 0.5) is 13.6 Å². The Morgan fingerprint density at radius 2 is 1.59 bits per heavy atom. The lowest BCUT2D eigenvalue weighted by Gasteiger charge is -2.33. The van der Waals surface area contributed by atoms with Crippen LogP contribution in [-0.2, 0) is 14.3 Å². The first-order valence-electron chi connectivity index (χ1n) is 11.3. The summed E-state index contributed by atoms with van der Waals surface area (Å²) in [4.78, 5) is 35.5. The quantitative estimate of drug-likeness (QED) is 0.515. The molecule has 0 aromatic heterocycles. The van der Waals surface area contributed by atoms with E-state index in [9.17, 15) is 23.2 Å². The van der Waals surface area contributed by atoms with Crippen LogP contribution in [0.1, 0.15) is 36.3 Å². The minimum Gasteiger partial charge on any atom is -0.477 e. The number of fused-ring (bicyclic) bond motifs is 3. The SMILES string of the molecule is O=C(NCC(C(=O)NCC(F)(F)C(=O)O)C1CCC1)OCC1c2ccccc2-c2ccccc21. The molecule has 1 atom stereocenters. The van der Waals surface area contributed by atoms with Gasteiger partial charge in [-0.05, 0) is 41.0 Å². The highest BCUT2D eigenvalue weighted by Crippen LogP contribution is 2.44. The number of carboxylic acid groups (broad SMARTS) is 1. The molecule has 2 amide bonds. The van der Waals surface area contributed by atoms with Crippen LogP contribution in [0, 0.1) is 11.8 Å². The topological polar surface area (TPSA) is 105 Å². The third-order valence-corrected chi connectivity index (χ3v) is 6.66. The van der Waals surface area contributed by atoms with Crippen molar-refractivity contribution in [2.75, 3.05) is 19.7 Å². The molecule has 1 unspecified atom stereocenters. The molecule has 0 aliphatic heterocycles. The Balaban J connectivity index is 1.33. The van der Waals surface area contributed by atoms with Gasteiger partial charge in [0.25, 0.3) is 0 Å². The maximum Gasteiger partial charge on any atom is 0.407 e. The van der Waals surface area contributed by atoms with Crippen LogP contribution in [0.2, 0.25) is 0 Å². The number of alkyl carbamates (subject to hydrolysis) is 1. The smallest absolute Gasteiger partial charge is 0.407 e. The molecule has 0 heterocycles. The molecule has 1 saturated carbocycles. The fraction of sp³-hybridized carbons (Fsp3) is 0.400. The first-order chi connectivity index (χ1) is 16.3. The third kappa shape index (κ3) is 4.88. The number of amides is 2. The van der Waals surface area contributed by atoms with Gasteiger partial charge in [0.15, 0.2) is 0 Å². The molecule has 2 aliphatic carbocycles. The number of benzene rings is 2. The Morgan fingerprint density at radius 1 is 1.00 bits per heavy atom. The number of nitrogens with one attached hydrogen (secondary N) is 2. The molecule has 2 aromatic rings. The lowest BCUT2D eigenvalue weighted by molar-refractivity contribution is -0.164. The molecule has 4 rings (SSSR count). The molecule has 9 heteroatoms. The first-order valence-corrected chi connectivity index (χ1v) is 11.3. The van der Waals surface area contributed by atoms with Crippen molar-refractivity contribution in [2.24, 2.45) is 11.8 Å². The highest BCUT2D eigenvalue weighted by molar-refractivity contribution is 5.82. The predicted molar refractivity (Wildman–Crippen MR) is 119 cm³/mol. The summed E-state index contributed by atoms with van der Waals surface area (Å²) in [5.41, 5.74) is 4.35. The second-order valence-corrected chi connectivity index (χ2v) is 8.73. The minimum absolute atomic E-state index is 0.0627. The highest BCUT2D eigenvalue weighted by atomic mass is 19.3. The van der Waals surface area contributed by atoms with E-state index in [0.29, 0.717) is 0 Å². The van der Waals surface area contributed by atoms with Crippen LogP contribution in [0.15, 0.2) is 48.5 Å². The first kappa shape index (κ1) is 23.7. The summed E-state index contributed by atoms with van der Waals surface area (Å²) in [7, 11) is 0. The molecule has 0 bridgehead atoms. The number of carbonyl (C=O) groups is 3.